The van der Waals surface area contributed by atoms with E-state index in [1.54, 1.807) is 13.3 Å². The van der Waals surface area contributed by atoms with Gasteiger partial charge in [-0.05, 0) is 31.4 Å². The summed E-state index contributed by atoms with van der Waals surface area (Å²) in [5.41, 5.74) is 7.43. The Morgan fingerprint density at radius 2 is 2.17 bits per heavy atom. The zero-order chi connectivity index (χ0) is 13.1. The number of anilines is 1. The summed E-state index contributed by atoms with van der Waals surface area (Å²) in [5, 5.41) is 7.70. The van der Waals surface area contributed by atoms with E-state index in [2.05, 4.69) is 9.88 Å². The number of nitrogens with one attached hydrogen (secondary N) is 1. The van der Waals surface area contributed by atoms with E-state index in [-0.39, 0.29) is 5.84 Å². The van der Waals surface area contributed by atoms with Gasteiger partial charge < -0.3 is 15.4 Å². The van der Waals surface area contributed by atoms with Crippen molar-refractivity contribution < 1.29 is 4.74 Å². The number of aryl methyl sites for hydroxylation is 1. The minimum atomic E-state index is 0.0875. The number of hydrogen-bond acceptors (Lipinski definition) is 4. The van der Waals surface area contributed by atoms with Crippen LogP contribution in [0.2, 0.25) is 0 Å². The Bertz CT molecular complexity index is 439. The summed E-state index contributed by atoms with van der Waals surface area (Å²) in [4.78, 5) is 6.59. The van der Waals surface area contributed by atoms with Crippen molar-refractivity contribution in [2.24, 2.45) is 5.73 Å². The van der Waals surface area contributed by atoms with E-state index in [0.29, 0.717) is 6.10 Å². The van der Waals surface area contributed by atoms with Gasteiger partial charge in [0.15, 0.2) is 0 Å². The Labute approximate surface area is 107 Å². The van der Waals surface area contributed by atoms with E-state index in [1.165, 1.54) is 0 Å². The highest BCUT2D eigenvalue weighted by Crippen LogP contribution is 2.24. The average molecular weight is 248 g/mol. The topological polar surface area (TPSA) is 75.2 Å². The molecule has 18 heavy (non-hydrogen) atoms. The first-order chi connectivity index (χ1) is 8.63. The molecule has 1 aliphatic rings. The molecule has 0 aromatic carbocycles. The lowest BCUT2D eigenvalue weighted by molar-refractivity contribution is 0.0818. The van der Waals surface area contributed by atoms with Crippen molar-refractivity contribution in [1.29, 1.82) is 5.41 Å². The van der Waals surface area contributed by atoms with Crippen LogP contribution >= 0.6 is 0 Å². The Morgan fingerprint density at radius 1 is 1.50 bits per heavy atom. The normalized spacial score (nSPS) is 16.9. The van der Waals surface area contributed by atoms with Gasteiger partial charge in [-0.3, -0.25) is 5.41 Å². The summed E-state index contributed by atoms with van der Waals surface area (Å²) in [6.07, 6.45) is 4.10. The molecule has 1 aromatic rings. The SMILES string of the molecule is COC1CCN(c2nccc(C)c2C(=N)N)CC1. The first kappa shape index (κ1) is 12.8. The van der Waals surface area contributed by atoms with Crippen LogP contribution in [0.15, 0.2) is 12.3 Å². The number of amidine groups is 1. The summed E-state index contributed by atoms with van der Waals surface area (Å²) < 4.78 is 5.36. The number of aromatic nitrogens is 1. The highest BCUT2D eigenvalue weighted by atomic mass is 16.5. The van der Waals surface area contributed by atoms with Crippen LogP contribution in [0.1, 0.15) is 24.0 Å². The molecule has 2 heterocycles. The van der Waals surface area contributed by atoms with Gasteiger partial charge in [-0.15, -0.1) is 0 Å². The third kappa shape index (κ3) is 2.46. The predicted molar refractivity (Wildman–Crippen MR) is 72.2 cm³/mol. The Kier molecular flexibility index (Phi) is 3.81. The van der Waals surface area contributed by atoms with E-state index >= 15 is 0 Å². The van der Waals surface area contributed by atoms with E-state index in [9.17, 15) is 0 Å². The highest BCUT2D eigenvalue weighted by molar-refractivity contribution is 6.01. The first-order valence-corrected chi connectivity index (χ1v) is 6.21. The van der Waals surface area contributed by atoms with Gasteiger partial charge in [0.1, 0.15) is 11.7 Å². The first-order valence-electron chi connectivity index (χ1n) is 6.21. The van der Waals surface area contributed by atoms with Gasteiger partial charge in [-0.2, -0.15) is 0 Å². The molecule has 1 aliphatic heterocycles. The van der Waals surface area contributed by atoms with Crippen molar-refractivity contribution >= 4 is 11.7 Å². The van der Waals surface area contributed by atoms with Gasteiger partial charge >= 0.3 is 0 Å². The van der Waals surface area contributed by atoms with Crippen LogP contribution in [0.25, 0.3) is 0 Å². The molecule has 0 amide bonds. The maximum Gasteiger partial charge on any atom is 0.139 e. The number of ether oxygens (including phenoxy) is 1. The van der Waals surface area contributed by atoms with Gasteiger partial charge in [0.05, 0.1) is 11.7 Å². The molecule has 1 aromatic heterocycles. The number of rotatable bonds is 3. The van der Waals surface area contributed by atoms with Crippen LogP contribution in [-0.2, 0) is 4.74 Å². The molecule has 98 valence electrons. The van der Waals surface area contributed by atoms with E-state index in [0.717, 1.165) is 42.9 Å². The quantitative estimate of drug-likeness (QED) is 0.624. The maximum atomic E-state index is 7.70. The minimum Gasteiger partial charge on any atom is -0.384 e. The number of methoxy groups -OCH3 is 1. The lowest BCUT2D eigenvalue weighted by Gasteiger charge is -2.33. The number of piperidine rings is 1. The fourth-order valence-electron chi connectivity index (χ4n) is 2.42. The molecule has 2 rings (SSSR count). The van der Waals surface area contributed by atoms with E-state index in [4.69, 9.17) is 15.9 Å². The number of nitrogens with two attached hydrogens (primary N) is 1. The maximum absolute atomic E-state index is 7.70. The third-order valence-corrected chi connectivity index (χ3v) is 3.48. The molecule has 0 aliphatic carbocycles. The molecule has 0 saturated carbocycles. The number of hydrogen-bond donors (Lipinski definition) is 2. The largest absolute Gasteiger partial charge is 0.384 e. The number of nitrogens with zero attached hydrogens (tertiary/aromatic N) is 2. The minimum absolute atomic E-state index is 0.0875. The molecule has 3 N–H and O–H groups in total. The van der Waals surface area contributed by atoms with Crippen molar-refractivity contribution in [1.82, 2.24) is 4.98 Å². The third-order valence-electron chi connectivity index (χ3n) is 3.48. The van der Waals surface area contributed by atoms with Crippen molar-refractivity contribution in [3.63, 3.8) is 0 Å². The van der Waals surface area contributed by atoms with Crippen molar-refractivity contribution in [3.8, 4) is 0 Å². The molecular formula is C13H20N4O. The molecule has 0 unspecified atom stereocenters. The second-order valence-corrected chi connectivity index (χ2v) is 4.66. The predicted octanol–water partition coefficient (Wildman–Crippen LogP) is 1.29. The molecular weight excluding hydrogens is 228 g/mol. The van der Waals surface area contributed by atoms with Crippen LogP contribution in [0.4, 0.5) is 5.82 Å². The summed E-state index contributed by atoms with van der Waals surface area (Å²) >= 11 is 0. The lowest BCUT2D eigenvalue weighted by Crippen LogP contribution is -2.38. The van der Waals surface area contributed by atoms with E-state index in [1.807, 2.05) is 13.0 Å². The fourth-order valence-corrected chi connectivity index (χ4v) is 2.42. The van der Waals surface area contributed by atoms with Gasteiger partial charge in [-0.25, -0.2) is 4.98 Å². The summed E-state index contributed by atoms with van der Waals surface area (Å²) in [6, 6.07) is 1.89. The Balaban J connectivity index is 2.24. The fraction of sp³-hybridized carbons (Fsp3) is 0.538. The summed E-state index contributed by atoms with van der Waals surface area (Å²) in [7, 11) is 1.76. The second-order valence-electron chi connectivity index (χ2n) is 4.66. The number of nitrogen functional groups attached to an aromatic ring is 1. The monoisotopic (exact) mass is 248 g/mol. The van der Waals surface area contributed by atoms with Crippen LogP contribution in [0, 0.1) is 12.3 Å². The molecule has 1 fully saturated rings. The standard InChI is InChI=1S/C13H20N4O/c1-9-3-6-16-13(11(9)12(14)15)17-7-4-10(18-2)5-8-17/h3,6,10H,4-5,7-8H2,1-2H3,(H3,14,15). The zero-order valence-corrected chi connectivity index (χ0v) is 10.9. The molecule has 1 saturated heterocycles. The van der Waals surface area contributed by atoms with Crippen LogP contribution in [-0.4, -0.2) is 37.1 Å². The van der Waals surface area contributed by atoms with Crippen LogP contribution < -0.4 is 10.6 Å². The van der Waals surface area contributed by atoms with Gasteiger partial charge in [0.25, 0.3) is 0 Å². The number of pyridine rings is 1. The Morgan fingerprint density at radius 3 is 2.72 bits per heavy atom. The summed E-state index contributed by atoms with van der Waals surface area (Å²) in [6.45, 7) is 3.76. The summed E-state index contributed by atoms with van der Waals surface area (Å²) in [5.74, 6) is 0.918. The van der Waals surface area contributed by atoms with Crippen LogP contribution in [0.5, 0.6) is 0 Å². The Hall–Kier alpha value is -1.62. The molecule has 0 atom stereocenters. The molecule has 0 bridgehead atoms. The molecule has 0 spiro atoms. The zero-order valence-electron chi connectivity index (χ0n) is 10.9. The average Bonchev–Trinajstić information content (AvgIpc) is 2.38. The van der Waals surface area contributed by atoms with E-state index < -0.39 is 0 Å². The van der Waals surface area contributed by atoms with Crippen molar-refractivity contribution in [2.75, 3.05) is 25.1 Å². The molecule has 5 nitrogen and oxygen atoms in total. The van der Waals surface area contributed by atoms with Crippen molar-refractivity contribution in [2.45, 2.75) is 25.9 Å². The second kappa shape index (κ2) is 5.35. The smallest absolute Gasteiger partial charge is 0.139 e. The van der Waals surface area contributed by atoms with Crippen LogP contribution in [0.3, 0.4) is 0 Å². The van der Waals surface area contributed by atoms with Gasteiger partial charge in [-0.1, -0.05) is 0 Å². The lowest BCUT2D eigenvalue weighted by atomic mass is 10.0. The van der Waals surface area contributed by atoms with Crippen molar-refractivity contribution in [3.05, 3.63) is 23.4 Å². The molecule has 5 heteroatoms. The highest BCUT2D eigenvalue weighted by Gasteiger charge is 2.22. The molecule has 0 radical (unpaired) electrons. The van der Waals surface area contributed by atoms with Gasteiger partial charge in [0.2, 0.25) is 0 Å². The van der Waals surface area contributed by atoms with Gasteiger partial charge in [0, 0.05) is 26.4 Å².